The van der Waals surface area contributed by atoms with Crippen molar-refractivity contribution < 1.29 is 13.2 Å². The van der Waals surface area contributed by atoms with Crippen molar-refractivity contribution in [3.8, 4) is 0 Å². The van der Waals surface area contributed by atoms with Gasteiger partial charge in [-0.1, -0.05) is 6.92 Å². The molecule has 0 spiro atoms. The van der Waals surface area contributed by atoms with Crippen molar-refractivity contribution in [2.24, 2.45) is 11.1 Å². The van der Waals surface area contributed by atoms with Crippen molar-refractivity contribution in [2.45, 2.75) is 6.92 Å². The highest BCUT2D eigenvalue weighted by molar-refractivity contribution is 7.93. The molecule has 1 aliphatic heterocycles. The summed E-state index contributed by atoms with van der Waals surface area (Å²) in [4.78, 5) is -0.315. The van der Waals surface area contributed by atoms with Crippen LogP contribution in [0.1, 0.15) is 6.92 Å². The lowest BCUT2D eigenvalue weighted by Crippen LogP contribution is -2.34. The van der Waals surface area contributed by atoms with E-state index in [0.29, 0.717) is 25.3 Å². The highest BCUT2D eigenvalue weighted by Crippen LogP contribution is 2.12. The third-order valence-corrected chi connectivity index (χ3v) is 2.70. The number of nitrogens with two attached hydrogens (primary N) is 1. The summed E-state index contributed by atoms with van der Waals surface area (Å²) < 4.78 is 27.1. The Bertz CT molecular complexity index is 350. The summed E-state index contributed by atoms with van der Waals surface area (Å²) in [6, 6.07) is 0. The van der Waals surface area contributed by atoms with Gasteiger partial charge in [0, 0.05) is 18.7 Å². The van der Waals surface area contributed by atoms with Crippen molar-refractivity contribution in [1.82, 2.24) is 5.32 Å². The molecule has 14 heavy (non-hydrogen) atoms. The Labute approximate surface area is 82.7 Å². The lowest BCUT2D eigenvalue weighted by Gasteiger charge is -2.24. The summed E-state index contributed by atoms with van der Waals surface area (Å²) in [6.45, 7) is 3.00. The average molecular weight is 219 g/mol. The summed E-state index contributed by atoms with van der Waals surface area (Å²) >= 11 is 0. The Balaban J connectivity index is 2.97. The molecule has 1 saturated heterocycles. The lowest BCUT2D eigenvalue weighted by atomic mass is 10.2. The maximum atomic E-state index is 11.0. The van der Waals surface area contributed by atoms with Crippen molar-refractivity contribution in [3.63, 3.8) is 0 Å². The number of hydrogen-bond acceptors (Lipinski definition) is 5. The number of ether oxygens (including phenoxy) is 1. The molecule has 1 rings (SSSR count). The molecular weight excluding hydrogens is 206 g/mol. The summed E-state index contributed by atoms with van der Waals surface area (Å²) in [6.07, 6.45) is 0.674. The van der Waals surface area contributed by atoms with Gasteiger partial charge in [0.25, 0.3) is 0 Å². The van der Waals surface area contributed by atoms with Crippen molar-refractivity contribution >= 4 is 16.2 Å². The highest BCUT2D eigenvalue weighted by Gasteiger charge is 2.21. The fourth-order valence-corrected chi connectivity index (χ4v) is 1.59. The van der Waals surface area contributed by atoms with Crippen LogP contribution in [0.25, 0.3) is 0 Å². The molecule has 0 amide bonds. The van der Waals surface area contributed by atoms with Gasteiger partial charge in [0.05, 0.1) is 6.61 Å². The maximum Gasteiger partial charge on any atom is 0.244 e. The molecule has 0 aromatic rings. The molecule has 0 aromatic heterocycles. The van der Waals surface area contributed by atoms with Crippen molar-refractivity contribution in [3.05, 3.63) is 10.8 Å². The molecule has 80 valence electrons. The number of allylic oxidation sites excluding steroid dienone is 1. The molecular formula is C7H13N3O3S. The third-order valence-electron chi connectivity index (χ3n) is 1.78. The van der Waals surface area contributed by atoms with E-state index < -0.39 is 10.0 Å². The van der Waals surface area contributed by atoms with Crippen molar-refractivity contribution in [1.29, 1.82) is 5.41 Å². The van der Waals surface area contributed by atoms with Gasteiger partial charge in [0.1, 0.15) is 0 Å². The van der Waals surface area contributed by atoms with Crippen LogP contribution >= 0.6 is 0 Å². The van der Waals surface area contributed by atoms with Gasteiger partial charge in [0.2, 0.25) is 15.9 Å². The zero-order valence-electron chi connectivity index (χ0n) is 7.78. The van der Waals surface area contributed by atoms with Gasteiger partial charge in [-0.2, -0.15) is 0 Å². The number of primary sulfonamides is 1. The largest absolute Gasteiger partial charge is 0.478 e. The first-order valence-corrected chi connectivity index (χ1v) is 5.64. The minimum Gasteiger partial charge on any atom is -0.478 e. The highest BCUT2D eigenvalue weighted by atomic mass is 32.2. The SMILES string of the molecule is C[C@@H]1CN/C(=C(\C=N)S(N)(=O)=O)OC1. The van der Waals surface area contributed by atoms with Gasteiger partial charge in [-0.15, -0.1) is 0 Å². The molecule has 0 bridgehead atoms. The van der Waals surface area contributed by atoms with E-state index in [-0.39, 0.29) is 10.8 Å². The van der Waals surface area contributed by atoms with Gasteiger partial charge in [0.15, 0.2) is 4.91 Å². The van der Waals surface area contributed by atoms with Crippen LogP contribution in [-0.2, 0) is 14.8 Å². The molecule has 0 aromatic carbocycles. The quantitative estimate of drug-likeness (QED) is 0.536. The predicted molar refractivity (Wildman–Crippen MR) is 52.0 cm³/mol. The summed E-state index contributed by atoms with van der Waals surface area (Å²) in [7, 11) is -3.88. The molecule has 6 nitrogen and oxygen atoms in total. The number of nitrogens with one attached hydrogen (secondary N) is 2. The normalized spacial score (nSPS) is 26.0. The van der Waals surface area contributed by atoms with Crippen LogP contribution in [0.5, 0.6) is 0 Å². The van der Waals surface area contributed by atoms with E-state index in [4.69, 9.17) is 15.3 Å². The van der Waals surface area contributed by atoms with Gasteiger partial charge >= 0.3 is 0 Å². The zero-order chi connectivity index (χ0) is 10.8. The summed E-state index contributed by atoms with van der Waals surface area (Å²) in [5, 5.41) is 14.6. The van der Waals surface area contributed by atoms with Crippen LogP contribution in [0.2, 0.25) is 0 Å². The summed E-state index contributed by atoms with van der Waals surface area (Å²) in [5.41, 5.74) is 0. The molecule has 0 saturated carbocycles. The van der Waals surface area contributed by atoms with E-state index in [1.807, 2.05) is 6.92 Å². The first kappa shape index (κ1) is 11.0. The molecule has 1 fully saturated rings. The molecule has 0 radical (unpaired) electrons. The lowest BCUT2D eigenvalue weighted by molar-refractivity contribution is 0.117. The monoisotopic (exact) mass is 219 g/mol. The molecule has 1 heterocycles. The zero-order valence-corrected chi connectivity index (χ0v) is 8.60. The van der Waals surface area contributed by atoms with Gasteiger partial charge in [-0.3, -0.25) is 0 Å². The van der Waals surface area contributed by atoms with E-state index >= 15 is 0 Å². The van der Waals surface area contributed by atoms with Crippen LogP contribution in [0.4, 0.5) is 0 Å². The second-order valence-corrected chi connectivity index (χ2v) is 4.71. The first-order valence-electron chi connectivity index (χ1n) is 4.09. The Kier molecular flexibility index (Phi) is 3.12. The average Bonchev–Trinajstić information content (AvgIpc) is 2.07. The number of hydrogen-bond donors (Lipinski definition) is 3. The molecule has 4 N–H and O–H groups in total. The van der Waals surface area contributed by atoms with E-state index in [2.05, 4.69) is 5.32 Å². The van der Waals surface area contributed by atoms with Crippen LogP contribution in [0, 0.1) is 11.3 Å². The van der Waals surface area contributed by atoms with E-state index in [1.165, 1.54) is 0 Å². The minimum absolute atomic E-state index is 0.0700. The Morgan fingerprint density at radius 1 is 1.79 bits per heavy atom. The van der Waals surface area contributed by atoms with Gasteiger partial charge in [-0.05, 0) is 0 Å². The molecule has 7 heteroatoms. The Morgan fingerprint density at radius 3 is 2.79 bits per heavy atom. The second-order valence-electron chi connectivity index (χ2n) is 3.18. The third kappa shape index (κ3) is 2.46. The smallest absolute Gasteiger partial charge is 0.244 e. The van der Waals surface area contributed by atoms with Crippen molar-refractivity contribution in [2.75, 3.05) is 13.2 Å². The Hall–Kier alpha value is -1.08. The predicted octanol–water partition coefficient (Wildman–Crippen LogP) is -0.651. The summed E-state index contributed by atoms with van der Waals surface area (Å²) in [5.74, 6) is 0.381. The molecule has 1 aliphatic rings. The van der Waals surface area contributed by atoms with E-state index in [9.17, 15) is 8.42 Å². The molecule has 1 atom stereocenters. The van der Waals surface area contributed by atoms with E-state index in [1.54, 1.807) is 0 Å². The van der Waals surface area contributed by atoms with Crippen LogP contribution in [0.3, 0.4) is 0 Å². The van der Waals surface area contributed by atoms with Crippen LogP contribution in [0.15, 0.2) is 10.8 Å². The maximum absolute atomic E-state index is 11.0. The molecule has 0 unspecified atom stereocenters. The van der Waals surface area contributed by atoms with Crippen LogP contribution < -0.4 is 10.5 Å². The fourth-order valence-electron chi connectivity index (χ4n) is 1.04. The minimum atomic E-state index is -3.88. The topological polar surface area (TPSA) is 105 Å². The fraction of sp³-hybridized carbons (Fsp3) is 0.571. The second kappa shape index (κ2) is 3.97. The number of rotatable bonds is 2. The first-order chi connectivity index (χ1) is 6.45. The van der Waals surface area contributed by atoms with Gasteiger partial charge in [-0.25, -0.2) is 13.6 Å². The molecule has 0 aliphatic carbocycles. The standard InChI is InChI=1S/C7H13N3O3S/c1-5-3-10-7(13-4-5)6(2-8)14(9,11)12/h2,5,8,10H,3-4H2,1H3,(H2,9,11,12)/b7-6-,8-2?/t5-/m1/s1. The van der Waals surface area contributed by atoms with E-state index in [0.717, 1.165) is 0 Å². The van der Waals surface area contributed by atoms with Crippen LogP contribution in [-0.4, -0.2) is 27.8 Å². The van der Waals surface area contributed by atoms with Gasteiger partial charge < -0.3 is 15.5 Å². The number of sulfonamides is 1. The Morgan fingerprint density at radius 2 is 2.43 bits per heavy atom.